The average Bonchev–Trinajstić information content (AvgIpc) is 3.52. The first-order valence-electron chi connectivity index (χ1n) is 13.9. The van der Waals surface area contributed by atoms with Crippen LogP contribution in [0.5, 0.6) is 5.75 Å². The van der Waals surface area contributed by atoms with Gasteiger partial charge in [-0.3, -0.25) is 9.69 Å². The number of benzene rings is 2. The molecular weight excluding hydrogens is 603 g/mol. The highest BCUT2D eigenvalue weighted by Crippen LogP contribution is 2.28. The van der Waals surface area contributed by atoms with Gasteiger partial charge in [0.05, 0.1) is 18.3 Å². The molecule has 0 bridgehead atoms. The number of thiophene rings is 1. The number of aromatic nitrogens is 1. The molecule has 2 heterocycles. The number of ether oxygens (including phenoxy) is 2. The molecule has 4 aromatic rings. The number of hydrogen-bond donors (Lipinski definition) is 2. The number of pyridine rings is 1. The van der Waals surface area contributed by atoms with Gasteiger partial charge in [0.2, 0.25) is 0 Å². The Hall–Kier alpha value is -4.26. The summed E-state index contributed by atoms with van der Waals surface area (Å²) in [5.74, 6) is -0.472. The number of nitrogens with one attached hydrogen (secondary N) is 1. The number of nitrogens with zero attached hydrogens (tertiary/aromatic N) is 2. The summed E-state index contributed by atoms with van der Waals surface area (Å²) in [5, 5.41) is 11.2. The highest BCUT2D eigenvalue weighted by atomic mass is 32.2. The molecule has 10 nitrogen and oxygen atoms in total. The van der Waals surface area contributed by atoms with Crippen LogP contribution in [0, 0.1) is 0 Å². The Kier molecular flexibility index (Phi) is 10.4. The van der Waals surface area contributed by atoms with Gasteiger partial charge in [0.15, 0.2) is 0 Å². The summed E-state index contributed by atoms with van der Waals surface area (Å²) >= 11 is 1.09. The quantitative estimate of drug-likeness (QED) is 0.185. The summed E-state index contributed by atoms with van der Waals surface area (Å²) in [5.41, 5.74) is 2.20. The number of anilines is 1. The van der Waals surface area contributed by atoms with Crippen molar-refractivity contribution in [3.8, 4) is 16.9 Å². The van der Waals surface area contributed by atoms with Crippen molar-refractivity contribution < 1.29 is 32.6 Å². The molecule has 232 valence electrons. The third-order valence-electron chi connectivity index (χ3n) is 6.23. The summed E-state index contributed by atoms with van der Waals surface area (Å²) in [6.07, 6.45) is -0.657. The van der Waals surface area contributed by atoms with E-state index in [0.717, 1.165) is 38.7 Å². The van der Waals surface area contributed by atoms with Gasteiger partial charge < -0.3 is 14.6 Å². The summed E-state index contributed by atoms with van der Waals surface area (Å²) in [6, 6.07) is 22.5. The molecule has 0 spiro atoms. The highest BCUT2D eigenvalue weighted by molar-refractivity contribution is 7.91. The van der Waals surface area contributed by atoms with Gasteiger partial charge in [0.25, 0.3) is 10.0 Å². The predicted molar refractivity (Wildman–Crippen MR) is 170 cm³/mol. The number of sulfonamides is 1. The smallest absolute Gasteiger partial charge is 0.416 e. The number of hydrogen-bond acceptors (Lipinski definition) is 8. The standard InChI is InChI=1S/C32H35N3O7S2/c1-5-41-25-10-6-9-24(20-25)23-16-14-22(15-17-23)19-27(34-44(39,40)30-13-8-18-43-30)26-11-7-12-28(33-26)35(21-29(36)37)31(38)42-32(2,3)4/h6-18,20,27,34H,5,19,21H2,1-4H3,(H,36,37). The van der Waals surface area contributed by atoms with Crippen molar-refractivity contribution in [3.63, 3.8) is 0 Å². The second-order valence-corrected chi connectivity index (χ2v) is 13.7. The molecule has 1 amide bonds. The van der Waals surface area contributed by atoms with Gasteiger partial charge in [0, 0.05) is 0 Å². The van der Waals surface area contributed by atoms with E-state index >= 15 is 0 Å². The van der Waals surface area contributed by atoms with Crippen molar-refractivity contribution >= 4 is 39.2 Å². The summed E-state index contributed by atoms with van der Waals surface area (Å²) in [6.45, 7) is 6.81. The summed E-state index contributed by atoms with van der Waals surface area (Å²) in [4.78, 5) is 30.0. The largest absolute Gasteiger partial charge is 0.494 e. The number of aliphatic carboxylic acids is 1. The number of carbonyl (C=O) groups is 2. The number of amides is 1. The topological polar surface area (TPSA) is 135 Å². The Morgan fingerprint density at radius 2 is 1.73 bits per heavy atom. The summed E-state index contributed by atoms with van der Waals surface area (Å²) in [7, 11) is -3.92. The maximum Gasteiger partial charge on any atom is 0.416 e. The van der Waals surface area contributed by atoms with E-state index in [2.05, 4.69) is 9.71 Å². The van der Waals surface area contributed by atoms with Crippen LogP contribution in [0.25, 0.3) is 11.1 Å². The van der Waals surface area contributed by atoms with E-state index in [9.17, 15) is 23.1 Å². The molecule has 1 unspecified atom stereocenters. The number of carboxylic acid groups (broad SMARTS) is 1. The van der Waals surface area contributed by atoms with Crippen molar-refractivity contribution in [2.24, 2.45) is 0 Å². The van der Waals surface area contributed by atoms with Gasteiger partial charge in [-0.05, 0) is 86.5 Å². The van der Waals surface area contributed by atoms with Crippen LogP contribution in [-0.2, 0) is 26.0 Å². The highest BCUT2D eigenvalue weighted by Gasteiger charge is 2.28. The van der Waals surface area contributed by atoms with Gasteiger partial charge in [-0.15, -0.1) is 11.3 Å². The maximum absolute atomic E-state index is 13.3. The van der Waals surface area contributed by atoms with Crippen molar-refractivity contribution in [1.29, 1.82) is 0 Å². The van der Waals surface area contributed by atoms with Gasteiger partial charge in [-0.25, -0.2) is 22.9 Å². The Bertz CT molecular complexity index is 1680. The normalized spacial score (nSPS) is 12.4. The lowest BCUT2D eigenvalue weighted by molar-refractivity contribution is -0.135. The van der Waals surface area contributed by atoms with E-state index in [1.807, 2.05) is 55.5 Å². The van der Waals surface area contributed by atoms with Crippen LogP contribution in [0.15, 0.2) is 88.5 Å². The van der Waals surface area contributed by atoms with Gasteiger partial charge in [0.1, 0.15) is 27.9 Å². The predicted octanol–water partition coefficient (Wildman–Crippen LogP) is 6.30. The van der Waals surface area contributed by atoms with Crippen LogP contribution in [0.3, 0.4) is 0 Å². The van der Waals surface area contributed by atoms with Crippen LogP contribution < -0.4 is 14.4 Å². The first-order valence-corrected chi connectivity index (χ1v) is 16.3. The lowest BCUT2D eigenvalue weighted by Gasteiger charge is -2.26. The Morgan fingerprint density at radius 3 is 2.36 bits per heavy atom. The molecule has 1 atom stereocenters. The van der Waals surface area contributed by atoms with E-state index in [1.54, 1.807) is 44.4 Å². The van der Waals surface area contributed by atoms with Crippen LogP contribution in [0.1, 0.15) is 45.0 Å². The summed E-state index contributed by atoms with van der Waals surface area (Å²) < 4.78 is 40.6. The Balaban J connectivity index is 1.68. The van der Waals surface area contributed by atoms with Crippen LogP contribution in [0.2, 0.25) is 0 Å². The molecule has 0 radical (unpaired) electrons. The van der Waals surface area contributed by atoms with E-state index < -0.39 is 40.3 Å². The molecule has 0 aliphatic rings. The first-order chi connectivity index (χ1) is 20.8. The number of carbonyl (C=O) groups excluding carboxylic acids is 1. The third kappa shape index (κ3) is 8.88. The molecule has 2 aromatic heterocycles. The monoisotopic (exact) mass is 637 g/mol. The van der Waals surface area contributed by atoms with Crippen molar-refractivity contribution in [1.82, 2.24) is 9.71 Å². The fourth-order valence-electron chi connectivity index (χ4n) is 4.34. The van der Waals surface area contributed by atoms with Crippen molar-refractivity contribution in [2.45, 2.75) is 50.0 Å². The molecule has 0 fully saturated rings. The average molecular weight is 638 g/mol. The molecule has 2 aromatic carbocycles. The molecule has 2 N–H and O–H groups in total. The molecule has 4 rings (SSSR count). The van der Waals surface area contributed by atoms with E-state index in [1.165, 1.54) is 12.1 Å². The van der Waals surface area contributed by atoms with Crippen LogP contribution >= 0.6 is 11.3 Å². The van der Waals surface area contributed by atoms with Gasteiger partial charge in [-0.2, -0.15) is 0 Å². The minimum absolute atomic E-state index is 0.0176. The van der Waals surface area contributed by atoms with Gasteiger partial charge in [-0.1, -0.05) is 48.5 Å². The molecule has 12 heteroatoms. The zero-order chi connectivity index (χ0) is 31.9. The Morgan fingerprint density at radius 1 is 1.00 bits per heavy atom. The zero-order valence-electron chi connectivity index (χ0n) is 24.9. The fourth-order valence-corrected chi connectivity index (χ4v) is 6.56. The second kappa shape index (κ2) is 14.0. The number of carboxylic acids is 1. The Labute approximate surface area is 261 Å². The fraction of sp³-hybridized carbons (Fsp3) is 0.281. The van der Waals surface area contributed by atoms with Crippen molar-refractivity contribution in [3.05, 3.63) is 95.5 Å². The van der Waals surface area contributed by atoms with Crippen LogP contribution in [-0.4, -0.2) is 49.3 Å². The van der Waals surface area contributed by atoms with Crippen LogP contribution in [0.4, 0.5) is 10.6 Å². The molecule has 0 aliphatic heterocycles. The van der Waals surface area contributed by atoms with E-state index in [-0.39, 0.29) is 16.4 Å². The first kappa shape index (κ1) is 32.6. The van der Waals surface area contributed by atoms with Gasteiger partial charge >= 0.3 is 12.1 Å². The van der Waals surface area contributed by atoms with E-state index in [4.69, 9.17) is 9.47 Å². The lowest BCUT2D eigenvalue weighted by atomic mass is 9.99. The molecule has 0 saturated carbocycles. The molecule has 0 aliphatic carbocycles. The van der Waals surface area contributed by atoms with Crippen molar-refractivity contribution in [2.75, 3.05) is 18.1 Å². The minimum atomic E-state index is -3.92. The second-order valence-electron chi connectivity index (χ2n) is 10.8. The molecular formula is C32H35N3O7S2. The molecule has 0 saturated heterocycles. The third-order valence-corrected chi connectivity index (χ3v) is 9.10. The SMILES string of the molecule is CCOc1cccc(-c2ccc(CC(NS(=O)(=O)c3cccs3)c3cccc(N(CC(=O)O)C(=O)OC(C)(C)C)n3)cc2)c1. The van der Waals surface area contributed by atoms with E-state index in [0.29, 0.717) is 12.3 Å². The minimum Gasteiger partial charge on any atom is -0.494 e. The number of rotatable bonds is 12. The lowest BCUT2D eigenvalue weighted by Crippen LogP contribution is -2.40. The zero-order valence-corrected chi connectivity index (χ0v) is 26.5. The molecule has 44 heavy (non-hydrogen) atoms. The maximum atomic E-state index is 13.3.